The van der Waals surface area contributed by atoms with Gasteiger partial charge in [0, 0.05) is 17.6 Å². The average molecular weight is 388 g/mol. The van der Waals surface area contributed by atoms with Gasteiger partial charge in [0.2, 0.25) is 0 Å². The van der Waals surface area contributed by atoms with Crippen molar-refractivity contribution in [1.82, 2.24) is 15.5 Å². The molecule has 0 radical (unpaired) electrons. The Hall–Kier alpha value is -2.22. The Kier molecular flexibility index (Phi) is 8.17. The Morgan fingerprint density at radius 3 is 2.57 bits per heavy atom. The zero-order chi connectivity index (χ0) is 20.6. The minimum absolute atomic E-state index is 0.0550. The number of hydrogen-bond donors (Lipinski definition) is 4. The van der Waals surface area contributed by atoms with Crippen molar-refractivity contribution in [2.45, 2.75) is 58.6 Å². The van der Waals surface area contributed by atoms with Crippen LogP contribution in [0.2, 0.25) is 0 Å². The first kappa shape index (κ1) is 22.1. The van der Waals surface area contributed by atoms with Gasteiger partial charge in [0.15, 0.2) is 5.82 Å². The van der Waals surface area contributed by atoms with E-state index >= 15 is 0 Å². The molecule has 0 aliphatic carbocycles. The van der Waals surface area contributed by atoms with Crippen LogP contribution >= 0.6 is 0 Å². The number of nitrogens with zero attached hydrogens (tertiary/aromatic N) is 2. The predicted octanol–water partition coefficient (Wildman–Crippen LogP) is 2.90. The summed E-state index contributed by atoms with van der Waals surface area (Å²) in [6.07, 6.45) is 2.63. The number of rotatable bonds is 10. The standard InChI is InChI=1S/C21H33N5O2/c1-5-6-7-15-8-9-17(18-10-11-20(24-22)26-25-18)19(12-15)28-14-16(27)13-23-21(2,3)4/h8-12,16,23,27H,5-7,13-14,22H2,1-4H3,(H,24,26). The molecule has 2 aromatic rings. The van der Waals surface area contributed by atoms with E-state index in [2.05, 4.69) is 54.7 Å². The summed E-state index contributed by atoms with van der Waals surface area (Å²) in [4.78, 5) is 0. The van der Waals surface area contributed by atoms with Crippen molar-refractivity contribution in [2.24, 2.45) is 5.84 Å². The lowest BCUT2D eigenvalue weighted by Gasteiger charge is -2.23. The molecule has 1 unspecified atom stereocenters. The maximum atomic E-state index is 10.3. The van der Waals surface area contributed by atoms with Crippen molar-refractivity contribution in [1.29, 1.82) is 0 Å². The van der Waals surface area contributed by atoms with E-state index in [9.17, 15) is 5.11 Å². The number of aryl methyl sites for hydroxylation is 1. The highest BCUT2D eigenvalue weighted by atomic mass is 16.5. The molecule has 0 saturated heterocycles. The van der Waals surface area contributed by atoms with Crippen LogP contribution < -0.4 is 21.3 Å². The molecule has 2 rings (SSSR count). The highest BCUT2D eigenvalue weighted by Crippen LogP contribution is 2.30. The Morgan fingerprint density at radius 2 is 1.96 bits per heavy atom. The van der Waals surface area contributed by atoms with Crippen molar-refractivity contribution in [3.05, 3.63) is 35.9 Å². The summed E-state index contributed by atoms with van der Waals surface area (Å²) in [5.41, 5.74) is 5.16. The molecule has 0 saturated carbocycles. The molecule has 1 aromatic carbocycles. The SMILES string of the molecule is CCCCc1ccc(-c2ccc(NN)nn2)c(OCC(O)CNC(C)(C)C)c1. The van der Waals surface area contributed by atoms with Crippen LogP contribution in [0.1, 0.15) is 46.1 Å². The number of nitrogens with two attached hydrogens (primary N) is 1. The molecule has 1 heterocycles. The van der Waals surface area contributed by atoms with E-state index in [0.717, 1.165) is 24.8 Å². The van der Waals surface area contributed by atoms with Gasteiger partial charge in [-0.1, -0.05) is 19.4 Å². The van der Waals surface area contributed by atoms with Gasteiger partial charge in [0.05, 0.1) is 5.69 Å². The van der Waals surface area contributed by atoms with E-state index < -0.39 is 6.10 Å². The lowest BCUT2D eigenvalue weighted by atomic mass is 10.0. The fraction of sp³-hybridized carbons (Fsp3) is 0.524. The number of aliphatic hydroxyl groups excluding tert-OH is 1. The highest BCUT2D eigenvalue weighted by Gasteiger charge is 2.15. The monoisotopic (exact) mass is 387 g/mol. The van der Waals surface area contributed by atoms with Crippen molar-refractivity contribution in [3.8, 4) is 17.0 Å². The number of nitrogen functional groups attached to an aromatic ring is 1. The number of hydrogen-bond acceptors (Lipinski definition) is 7. The average Bonchev–Trinajstić information content (AvgIpc) is 2.68. The molecule has 28 heavy (non-hydrogen) atoms. The second-order valence-electron chi connectivity index (χ2n) is 7.98. The van der Waals surface area contributed by atoms with Gasteiger partial charge in [-0.05, 0) is 63.4 Å². The van der Waals surface area contributed by atoms with Crippen LogP contribution in [0.25, 0.3) is 11.3 Å². The third-order valence-electron chi connectivity index (χ3n) is 4.25. The van der Waals surface area contributed by atoms with Gasteiger partial charge in [-0.25, -0.2) is 5.84 Å². The smallest absolute Gasteiger partial charge is 0.162 e. The molecule has 7 nitrogen and oxygen atoms in total. The fourth-order valence-electron chi connectivity index (χ4n) is 2.66. The number of benzene rings is 1. The minimum atomic E-state index is -0.610. The molecule has 5 N–H and O–H groups in total. The summed E-state index contributed by atoms with van der Waals surface area (Å²) >= 11 is 0. The van der Waals surface area contributed by atoms with Crippen LogP contribution in [0, 0.1) is 0 Å². The molecule has 154 valence electrons. The van der Waals surface area contributed by atoms with Gasteiger partial charge < -0.3 is 20.6 Å². The predicted molar refractivity (Wildman–Crippen MR) is 113 cm³/mol. The van der Waals surface area contributed by atoms with Crippen molar-refractivity contribution >= 4 is 5.82 Å². The van der Waals surface area contributed by atoms with Gasteiger partial charge in [-0.2, -0.15) is 0 Å². The maximum absolute atomic E-state index is 10.3. The Balaban J connectivity index is 2.17. The largest absolute Gasteiger partial charge is 0.490 e. The second-order valence-corrected chi connectivity index (χ2v) is 7.98. The second kappa shape index (κ2) is 10.4. The molecule has 0 fully saturated rings. The van der Waals surface area contributed by atoms with Crippen LogP contribution in [0.5, 0.6) is 5.75 Å². The molecule has 7 heteroatoms. The van der Waals surface area contributed by atoms with Crippen molar-refractivity contribution in [2.75, 3.05) is 18.6 Å². The van der Waals surface area contributed by atoms with Crippen LogP contribution in [0.3, 0.4) is 0 Å². The summed E-state index contributed by atoms with van der Waals surface area (Å²) in [6.45, 7) is 9.03. The molecule has 0 bridgehead atoms. The van der Waals surface area contributed by atoms with Crippen LogP contribution in [0.4, 0.5) is 5.82 Å². The van der Waals surface area contributed by atoms with Crippen molar-refractivity contribution < 1.29 is 9.84 Å². The summed E-state index contributed by atoms with van der Waals surface area (Å²) in [7, 11) is 0. The van der Waals surface area contributed by atoms with E-state index in [1.54, 1.807) is 6.07 Å². The van der Waals surface area contributed by atoms with Gasteiger partial charge in [-0.3, -0.25) is 0 Å². The summed E-state index contributed by atoms with van der Waals surface area (Å²) in [5.74, 6) is 6.56. The number of nitrogens with one attached hydrogen (secondary N) is 2. The van der Waals surface area contributed by atoms with Gasteiger partial charge >= 0.3 is 0 Å². The Labute approximate surface area is 167 Å². The summed E-state index contributed by atoms with van der Waals surface area (Å²) in [5, 5.41) is 21.8. The van der Waals surface area contributed by atoms with Crippen LogP contribution in [0.15, 0.2) is 30.3 Å². The van der Waals surface area contributed by atoms with E-state index in [4.69, 9.17) is 10.6 Å². The lowest BCUT2D eigenvalue weighted by molar-refractivity contribution is 0.100. The summed E-state index contributed by atoms with van der Waals surface area (Å²) < 4.78 is 6.00. The molecule has 0 spiro atoms. The maximum Gasteiger partial charge on any atom is 0.162 e. The van der Waals surface area contributed by atoms with Crippen LogP contribution in [-0.2, 0) is 6.42 Å². The minimum Gasteiger partial charge on any atom is -0.490 e. The van der Waals surface area contributed by atoms with E-state index in [1.165, 1.54) is 5.56 Å². The van der Waals surface area contributed by atoms with Gasteiger partial charge in [-0.15, -0.1) is 10.2 Å². The molecular formula is C21H33N5O2. The fourth-order valence-corrected chi connectivity index (χ4v) is 2.66. The number of hydrazine groups is 1. The molecule has 0 aliphatic rings. The van der Waals surface area contributed by atoms with E-state index in [-0.39, 0.29) is 12.1 Å². The van der Waals surface area contributed by atoms with Gasteiger partial charge in [0.25, 0.3) is 0 Å². The number of β-amino-alcohol motifs (C(OH)–C–C–N with tert-alkyl or cyclic N) is 1. The van der Waals surface area contributed by atoms with Crippen molar-refractivity contribution in [3.63, 3.8) is 0 Å². The number of aliphatic hydroxyl groups is 1. The third-order valence-corrected chi connectivity index (χ3v) is 4.25. The zero-order valence-corrected chi connectivity index (χ0v) is 17.3. The molecule has 0 amide bonds. The topological polar surface area (TPSA) is 105 Å². The normalized spacial score (nSPS) is 12.6. The first-order valence-corrected chi connectivity index (χ1v) is 9.82. The summed E-state index contributed by atoms with van der Waals surface area (Å²) in [6, 6.07) is 9.73. The number of ether oxygens (including phenoxy) is 1. The Bertz CT molecular complexity index is 729. The number of anilines is 1. The van der Waals surface area contributed by atoms with Crippen LogP contribution in [-0.4, -0.2) is 40.1 Å². The quantitative estimate of drug-likeness (QED) is 0.367. The molecule has 1 aromatic heterocycles. The van der Waals surface area contributed by atoms with E-state index in [1.807, 2.05) is 18.2 Å². The molecule has 1 atom stereocenters. The Morgan fingerprint density at radius 1 is 1.18 bits per heavy atom. The zero-order valence-electron chi connectivity index (χ0n) is 17.3. The lowest BCUT2D eigenvalue weighted by Crippen LogP contribution is -2.42. The number of unbranched alkanes of at least 4 members (excludes halogenated alkanes) is 1. The van der Waals surface area contributed by atoms with E-state index in [0.29, 0.717) is 23.8 Å². The highest BCUT2D eigenvalue weighted by molar-refractivity contribution is 5.68. The first-order valence-electron chi connectivity index (χ1n) is 9.82. The van der Waals surface area contributed by atoms with Gasteiger partial charge in [0.1, 0.15) is 18.5 Å². The third kappa shape index (κ3) is 7.07. The molecule has 0 aliphatic heterocycles. The number of aromatic nitrogens is 2. The first-order chi connectivity index (χ1) is 13.3. The molecular weight excluding hydrogens is 354 g/mol.